The predicted molar refractivity (Wildman–Crippen MR) is 81.1 cm³/mol. The molecule has 19 heavy (non-hydrogen) atoms. The van der Waals surface area contributed by atoms with Gasteiger partial charge < -0.3 is 5.73 Å². The molecule has 98 valence electrons. The van der Waals surface area contributed by atoms with Gasteiger partial charge in [-0.1, -0.05) is 61.0 Å². The van der Waals surface area contributed by atoms with Crippen LogP contribution in [-0.2, 0) is 5.41 Å². The predicted octanol–water partition coefficient (Wildman–Crippen LogP) is 4.12. The second-order valence-electron chi connectivity index (χ2n) is 5.62. The largest absolute Gasteiger partial charge is 0.330 e. The van der Waals surface area contributed by atoms with Crippen LogP contribution in [0.2, 0.25) is 0 Å². The van der Waals surface area contributed by atoms with Gasteiger partial charge in [-0.05, 0) is 47.9 Å². The lowest BCUT2D eigenvalue weighted by Gasteiger charge is -2.42. The Morgan fingerprint density at radius 3 is 2.00 bits per heavy atom. The van der Waals surface area contributed by atoms with Crippen molar-refractivity contribution in [3.63, 3.8) is 0 Å². The van der Waals surface area contributed by atoms with E-state index in [-0.39, 0.29) is 0 Å². The molecule has 0 bridgehead atoms. The number of rotatable bonds is 4. The molecule has 0 amide bonds. The number of hydrogen-bond acceptors (Lipinski definition) is 1. The summed E-state index contributed by atoms with van der Waals surface area (Å²) in [6, 6.07) is 19.7. The third-order valence-electron chi connectivity index (χ3n) is 4.54. The lowest BCUT2D eigenvalue weighted by Crippen LogP contribution is -2.36. The quantitative estimate of drug-likeness (QED) is 0.869. The van der Waals surface area contributed by atoms with Crippen molar-refractivity contribution in [1.29, 1.82) is 0 Å². The van der Waals surface area contributed by atoms with Gasteiger partial charge in [0.05, 0.1) is 0 Å². The highest BCUT2D eigenvalue weighted by Crippen LogP contribution is 2.46. The van der Waals surface area contributed by atoms with E-state index in [1.807, 2.05) is 0 Å². The molecule has 0 saturated heterocycles. The van der Waals surface area contributed by atoms with E-state index >= 15 is 0 Å². The van der Waals surface area contributed by atoms with Crippen LogP contribution in [-0.4, -0.2) is 6.54 Å². The van der Waals surface area contributed by atoms with Gasteiger partial charge in [0, 0.05) is 0 Å². The minimum atomic E-state index is 0.379. The van der Waals surface area contributed by atoms with Gasteiger partial charge in [0.25, 0.3) is 0 Å². The van der Waals surface area contributed by atoms with Crippen molar-refractivity contribution in [2.45, 2.75) is 31.1 Å². The van der Waals surface area contributed by atoms with Crippen LogP contribution in [0, 0.1) is 0 Å². The second-order valence-corrected chi connectivity index (χ2v) is 5.62. The molecule has 3 rings (SSSR count). The molecular formula is C18H21N. The molecule has 0 unspecified atom stereocenters. The summed E-state index contributed by atoms with van der Waals surface area (Å²) in [6.07, 6.45) is 5.07. The van der Waals surface area contributed by atoms with Crippen LogP contribution < -0.4 is 5.73 Å². The van der Waals surface area contributed by atoms with Crippen LogP contribution in [0.25, 0.3) is 11.1 Å². The standard InChI is InChI=1S/C18H21N/c19-14-13-18(11-4-12-18)17-9-7-16(8-10-17)15-5-2-1-3-6-15/h1-3,5-10H,4,11-14,19H2. The molecule has 1 nitrogen and oxygen atoms in total. The third-order valence-corrected chi connectivity index (χ3v) is 4.54. The van der Waals surface area contributed by atoms with Crippen molar-refractivity contribution in [2.24, 2.45) is 5.73 Å². The SMILES string of the molecule is NCCC1(c2ccc(-c3ccccc3)cc2)CCC1. The van der Waals surface area contributed by atoms with Gasteiger partial charge in [-0.3, -0.25) is 0 Å². The van der Waals surface area contributed by atoms with Gasteiger partial charge in [0.1, 0.15) is 0 Å². The van der Waals surface area contributed by atoms with E-state index in [2.05, 4.69) is 54.6 Å². The van der Waals surface area contributed by atoms with Crippen molar-refractivity contribution in [1.82, 2.24) is 0 Å². The van der Waals surface area contributed by atoms with E-state index in [1.165, 1.54) is 36.0 Å². The zero-order valence-electron chi connectivity index (χ0n) is 11.3. The van der Waals surface area contributed by atoms with Crippen molar-refractivity contribution in [3.05, 3.63) is 60.2 Å². The molecule has 2 aromatic carbocycles. The fourth-order valence-corrected chi connectivity index (χ4v) is 3.21. The number of nitrogens with two attached hydrogens (primary N) is 1. The smallest absolute Gasteiger partial charge is 0.00350 e. The van der Waals surface area contributed by atoms with Crippen LogP contribution in [0.15, 0.2) is 54.6 Å². The monoisotopic (exact) mass is 251 g/mol. The molecule has 0 atom stereocenters. The lowest BCUT2D eigenvalue weighted by molar-refractivity contribution is 0.229. The van der Waals surface area contributed by atoms with E-state index in [0.717, 1.165) is 13.0 Å². The Hall–Kier alpha value is -1.60. The normalized spacial score (nSPS) is 16.9. The Labute approximate surface area is 115 Å². The maximum absolute atomic E-state index is 5.78. The summed E-state index contributed by atoms with van der Waals surface area (Å²) < 4.78 is 0. The van der Waals surface area contributed by atoms with Crippen molar-refractivity contribution >= 4 is 0 Å². The molecule has 0 spiro atoms. The summed E-state index contributed by atoms with van der Waals surface area (Å²) in [5, 5.41) is 0. The van der Waals surface area contributed by atoms with E-state index in [9.17, 15) is 0 Å². The average Bonchev–Trinajstić information content (AvgIpc) is 2.44. The first-order valence-corrected chi connectivity index (χ1v) is 7.20. The van der Waals surface area contributed by atoms with Gasteiger partial charge in [-0.25, -0.2) is 0 Å². The van der Waals surface area contributed by atoms with Gasteiger partial charge in [0.15, 0.2) is 0 Å². The molecule has 0 radical (unpaired) electrons. The molecule has 1 aliphatic rings. The number of hydrogen-bond donors (Lipinski definition) is 1. The first kappa shape index (κ1) is 12.4. The molecule has 0 aromatic heterocycles. The van der Waals surface area contributed by atoms with Gasteiger partial charge in [-0.2, -0.15) is 0 Å². The van der Waals surface area contributed by atoms with Crippen molar-refractivity contribution < 1.29 is 0 Å². The molecule has 2 N–H and O–H groups in total. The van der Waals surface area contributed by atoms with E-state index in [1.54, 1.807) is 0 Å². The highest BCUT2D eigenvalue weighted by atomic mass is 14.6. The Morgan fingerprint density at radius 1 is 0.842 bits per heavy atom. The van der Waals surface area contributed by atoms with Crippen molar-refractivity contribution in [3.8, 4) is 11.1 Å². The Morgan fingerprint density at radius 2 is 1.47 bits per heavy atom. The summed E-state index contributed by atoms with van der Waals surface area (Å²) in [6.45, 7) is 0.792. The highest BCUT2D eigenvalue weighted by molar-refractivity contribution is 5.63. The zero-order chi connectivity index (χ0) is 13.1. The number of benzene rings is 2. The molecule has 0 heterocycles. The Bertz CT molecular complexity index is 523. The van der Waals surface area contributed by atoms with Gasteiger partial charge >= 0.3 is 0 Å². The molecule has 1 aliphatic carbocycles. The molecular weight excluding hydrogens is 230 g/mol. The molecule has 1 fully saturated rings. The summed E-state index contributed by atoms with van der Waals surface area (Å²) in [5.41, 5.74) is 10.2. The lowest BCUT2D eigenvalue weighted by atomic mass is 9.62. The Balaban J connectivity index is 1.87. The molecule has 0 aliphatic heterocycles. The maximum atomic E-state index is 5.78. The molecule has 1 heteroatoms. The van der Waals surface area contributed by atoms with E-state index in [4.69, 9.17) is 5.73 Å². The summed E-state index contributed by atoms with van der Waals surface area (Å²) >= 11 is 0. The van der Waals surface area contributed by atoms with Crippen LogP contribution in [0.1, 0.15) is 31.2 Å². The van der Waals surface area contributed by atoms with E-state index in [0.29, 0.717) is 5.41 Å². The van der Waals surface area contributed by atoms with Crippen LogP contribution in [0.4, 0.5) is 0 Å². The maximum Gasteiger partial charge on any atom is -0.00350 e. The minimum absolute atomic E-state index is 0.379. The van der Waals surface area contributed by atoms with E-state index < -0.39 is 0 Å². The van der Waals surface area contributed by atoms with Crippen LogP contribution in [0.3, 0.4) is 0 Å². The van der Waals surface area contributed by atoms with Crippen molar-refractivity contribution in [2.75, 3.05) is 6.54 Å². The first-order chi connectivity index (χ1) is 9.34. The minimum Gasteiger partial charge on any atom is -0.330 e. The van der Waals surface area contributed by atoms with Gasteiger partial charge in [0.2, 0.25) is 0 Å². The van der Waals surface area contributed by atoms with Crippen LogP contribution in [0.5, 0.6) is 0 Å². The van der Waals surface area contributed by atoms with Gasteiger partial charge in [-0.15, -0.1) is 0 Å². The third kappa shape index (κ3) is 2.31. The zero-order valence-corrected chi connectivity index (χ0v) is 11.3. The highest BCUT2D eigenvalue weighted by Gasteiger charge is 2.37. The topological polar surface area (TPSA) is 26.0 Å². The van der Waals surface area contributed by atoms with Crippen LogP contribution >= 0.6 is 0 Å². The summed E-state index contributed by atoms with van der Waals surface area (Å²) in [7, 11) is 0. The molecule has 1 saturated carbocycles. The fraction of sp³-hybridized carbons (Fsp3) is 0.333. The average molecular weight is 251 g/mol. The fourth-order valence-electron chi connectivity index (χ4n) is 3.21. The summed E-state index contributed by atoms with van der Waals surface area (Å²) in [4.78, 5) is 0. The first-order valence-electron chi connectivity index (χ1n) is 7.20. The summed E-state index contributed by atoms with van der Waals surface area (Å²) in [5.74, 6) is 0. The second kappa shape index (κ2) is 5.18. The Kier molecular flexibility index (Phi) is 3.39. The molecule has 2 aromatic rings.